The summed E-state index contributed by atoms with van der Waals surface area (Å²) in [5.41, 5.74) is -0.579. The van der Waals surface area contributed by atoms with Crippen LogP contribution in [0.25, 0.3) is 10.8 Å². The normalized spacial score (nSPS) is 14.9. The fraction of sp³-hybridized carbons (Fsp3) is 0.357. The highest BCUT2D eigenvalue weighted by Crippen LogP contribution is 2.36. The van der Waals surface area contributed by atoms with Gasteiger partial charge in [0.25, 0.3) is 5.91 Å². The molecule has 2 amide bonds. The standard InChI is InChI=1S/C28H30F3N3O3/c1-27(2,3)37-26(36)34-15-7-14-33(16-17-34)24-13-12-20(28(29,30)31)18-23(24)32-25(35)22-11-6-9-19-8-4-5-10-21(19)22/h4-6,8-13,18H,7,14-17H2,1-3H3,(H,32,35). The van der Waals surface area contributed by atoms with Crippen molar-refractivity contribution in [3.63, 3.8) is 0 Å². The zero-order chi connectivity index (χ0) is 26.8. The molecular formula is C28H30F3N3O3. The lowest BCUT2D eigenvalue weighted by atomic mass is 10.0. The lowest BCUT2D eigenvalue weighted by Crippen LogP contribution is -2.39. The fourth-order valence-corrected chi connectivity index (χ4v) is 4.37. The molecule has 0 bridgehead atoms. The number of hydrogen-bond acceptors (Lipinski definition) is 4. The Morgan fingerprint density at radius 1 is 0.892 bits per heavy atom. The molecule has 1 heterocycles. The molecule has 6 nitrogen and oxygen atoms in total. The van der Waals surface area contributed by atoms with Crippen LogP contribution in [0.15, 0.2) is 60.7 Å². The van der Waals surface area contributed by atoms with E-state index in [9.17, 15) is 22.8 Å². The number of anilines is 2. The van der Waals surface area contributed by atoms with Gasteiger partial charge in [0.15, 0.2) is 0 Å². The first-order chi connectivity index (χ1) is 17.4. The Kier molecular flexibility index (Phi) is 7.34. The first-order valence-electron chi connectivity index (χ1n) is 12.2. The van der Waals surface area contributed by atoms with Crippen LogP contribution in [0.3, 0.4) is 0 Å². The number of fused-ring (bicyclic) bond motifs is 1. The number of rotatable bonds is 3. The summed E-state index contributed by atoms with van der Waals surface area (Å²) in [6, 6.07) is 16.0. The molecule has 0 radical (unpaired) electrons. The molecular weight excluding hydrogens is 483 g/mol. The number of carbonyl (C=O) groups is 2. The van der Waals surface area contributed by atoms with E-state index in [-0.39, 0.29) is 5.69 Å². The summed E-state index contributed by atoms with van der Waals surface area (Å²) in [5.74, 6) is -0.498. The minimum Gasteiger partial charge on any atom is -0.444 e. The van der Waals surface area contributed by atoms with Gasteiger partial charge in [0.2, 0.25) is 0 Å². The molecule has 1 N–H and O–H groups in total. The van der Waals surface area contributed by atoms with Gasteiger partial charge in [0, 0.05) is 31.7 Å². The Morgan fingerprint density at radius 3 is 2.35 bits per heavy atom. The maximum atomic E-state index is 13.6. The largest absolute Gasteiger partial charge is 0.444 e. The second-order valence-electron chi connectivity index (χ2n) is 10.0. The van der Waals surface area contributed by atoms with E-state index in [0.717, 1.165) is 17.5 Å². The average molecular weight is 514 g/mol. The predicted octanol–water partition coefficient (Wildman–Crippen LogP) is 6.56. The summed E-state index contributed by atoms with van der Waals surface area (Å²) >= 11 is 0. The number of alkyl halides is 3. The minimum atomic E-state index is -4.57. The molecule has 4 rings (SSSR count). The third-order valence-electron chi connectivity index (χ3n) is 6.09. The predicted molar refractivity (Wildman–Crippen MR) is 138 cm³/mol. The second kappa shape index (κ2) is 10.3. The lowest BCUT2D eigenvalue weighted by Gasteiger charge is -2.28. The van der Waals surface area contributed by atoms with Crippen LogP contribution in [-0.2, 0) is 10.9 Å². The number of carbonyl (C=O) groups excluding carboxylic acids is 2. The quantitative estimate of drug-likeness (QED) is 0.431. The van der Waals surface area contributed by atoms with E-state index in [2.05, 4.69) is 5.32 Å². The summed E-state index contributed by atoms with van der Waals surface area (Å²) in [7, 11) is 0. The van der Waals surface area contributed by atoms with Crippen LogP contribution in [0.5, 0.6) is 0 Å². The maximum absolute atomic E-state index is 13.6. The number of ether oxygens (including phenoxy) is 1. The second-order valence-corrected chi connectivity index (χ2v) is 10.0. The summed E-state index contributed by atoms with van der Waals surface area (Å²) < 4.78 is 46.2. The Morgan fingerprint density at radius 2 is 1.62 bits per heavy atom. The van der Waals surface area contributed by atoms with Crippen molar-refractivity contribution in [2.45, 2.75) is 39.0 Å². The maximum Gasteiger partial charge on any atom is 0.416 e. The zero-order valence-electron chi connectivity index (χ0n) is 21.1. The fourth-order valence-electron chi connectivity index (χ4n) is 4.37. The summed E-state index contributed by atoms with van der Waals surface area (Å²) in [6.45, 7) is 7.06. The number of nitrogens with zero attached hydrogens (tertiary/aromatic N) is 2. The molecule has 3 aromatic carbocycles. The average Bonchev–Trinajstić information content (AvgIpc) is 3.08. The van der Waals surface area contributed by atoms with Crippen molar-refractivity contribution in [3.8, 4) is 0 Å². The monoisotopic (exact) mass is 513 g/mol. The number of hydrogen-bond donors (Lipinski definition) is 1. The zero-order valence-corrected chi connectivity index (χ0v) is 21.1. The molecule has 9 heteroatoms. The molecule has 0 atom stereocenters. The SMILES string of the molecule is CC(C)(C)OC(=O)N1CCCN(c2ccc(C(F)(F)F)cc2NC(=O)c2cccc3ccccc23)CC1. The van der Waals surface area contributed by atoms with E-state index in [0.29, 0.717) is 49.2 Å². The Balaban J connectivity index is 1.62. The molecule has 1 aliphatic rings. The van der Waals surface area contributed by atoms with Crippen molar-refractivity contribution < 1.29 is 27.5 Å². The highest BCUT2D eigenvalue weighted by atomic mass is 19.4. The van der Waals surface area contributed by atoms with E-state index in [1.165, 1.54) is 6.07 Å². The van der Waals surface area contributed by atoms with Gasteiger partial charge in [-0.05, 0) is 62.2 Å². The number of halogens is 3. The van der Waals surface area contributed by atoms with Crippen LogP contribution in [0.4, 0.5) is 29.3 Å². The van der Waals surface area contributed by atoms with Crippen molar-refractivity contribution in [1.82, 2.24) is 4.90 Å². The van der Waals surface area contributed by atoms with Gasteiger partial charge in [0.1, 0.15) is 5.60 Å². The van der Waals surface area contributed by atoms with Crippen LogP contribution in [0.2, 0.25) is 0 Å². The molecule has 3 aromatic rings. The number of nitrogens with one attached hydrogen (secondary N) is 1. The number of amides is 2. The van der Waals surface area contributed by atoms with Crippen LogP contribution in [0, 0.1) is 0 Å². The third kappa shape index (κ3) is 6.34. The Bertz CT molecular complexity index is 1300. The molecule has 0 saturated carbocycles. The minimum absolute atomic E-state index is 0.0680. The van der Waals surface area contributed by atoms with Gasteiger partial charge in [0.05, 0.1) is 16.9 Å². The van der Waals surface area contributed by atoms with Crippen LogP contribution in [0.1, 0.15) is 43.1 Å². The van der Waals surface area contributed by atoms with Gasteiger partial charge in [-0.2, -0.15) is 13.2 Å². The molecule has 0 spiro atoms. The van der Waals surface area contributed by atoms with Crippen LogP contribution < -0.4 is 10.2 Å². The number of benzene rings is 3. The van der Waals surface area contributed by atoms with Crippen LogP contribution >= 0.6 is 0 Å². The first-order valence-corrected chi connectivity index (χ1v) is 12.2. The van der Waals surface area contributed by atoms with Gasteiger partial charge in [-0.25, -0.2) is 4.79 Å². The smallest absolute Gasteiger partial charge is 0.416 e. The van der Waals surface area contributed by atoms with E-state index < -0.39 is 29.3 Å². The first kappa shape index (κ1) is 26.3. The lowest BCUT2D eigenvalue weighted by molar-refractivity contribution is -0.137. The summed E-state index contributed by atoms with van der Waals surface area (Å²) in [5, 5.41) is 4.29. The van der Waals surface area contributed by atoms with Crippen molar-refractivity contribution in [2.24, 2.45) is 0 Å². The van der Waals surface area contributed by atoms with Gasteiger partial charge in [-0.3, -0.25) is 4.79 Å². The van der Waals surface area contributed by atoms with E-state index in [1.54, 1.807) is 43.9 Å². The van der Waals surface area contributed by atoms with E-state index >= 15 is 0 Å². The summed E-state index contributed by atoms with van der Waals surface area (Å²) in [4.78, 5) is 29.3. The van der Waals surface area contributed by atoms with Crippen LogP contribution in [-0.4, -0.2) is 48.7 Å². The molecule has 0 aromatic heterocycles. The third-order valence-corrected chi connectivity index (χ3v) is 6.09. The van der Waals surface area contributed by atoms with E-state index in [1.807, 2.05) is 29.2 Å². The molecule has 37 heavy (non-hydrogen) atoms. The molecule has 1 fully saturated rings. The van der Waals surface area contributed by atoms with Gasteiger partial charge < -0.3 is 19.9 Å². The topological polar surface area (TPSA) is 61.9 Å². The van der Waals surface area contributed by atoms with Crippen molar-refractivity contribution in [2.75, 3.05) is 36.4 Å². The van der Waals surface area contributed by atoms with Crippen molar-refractivity contribution in [3.05, 3.63) is 71.8 Å². The molecule has 0 aliphatic carbocycles. The van der Waals surface area contributed by atoms with Gasteiger partial charge in [-0.1, -0.05) is 36.4 Å². The molecule has 1 aliphatic heterocycles. The van der Waals surface area contributed by atoms with Gasteiger partial charge >= 0.3 is 12.3 Å². The highest BCUT2D eigenvalue weighted by molar-refractivity contribution is 6.13. The van der Waals surface area contributed by atoms with Gasteiger partial charge in [-0.15, -0.1) is 0 Å². The molecule has 0 unspecified atom stereocenters. The van der Waals surface area contributed by atoms with E-state index in [4.69, 9.17) is 4.74 Å². The molecule has 196 valence electrons. The molecule has 1 saturated heterocycles. The van der Waals surface area contributed by atoms with Crippen molar-refractivity contribution in [1.29, 1.82) is 0 Å². The Labute approximate surface area is 214 Å². The summed E-state index contributed by atoms with van der Waals surface area (Å²) in [6.07, 6.45) is -4.40. The Hall–Kier alpha value is -3.75. The highest BCUT2D eigenvalue weighted by Gasteiger charge is 2.32. The van der Waals surface area contributed by atoms with Crippen molar-refractivity contribution >= 4 is 34.1 Å².